The van der Waals surface area contributed by atoms with Crippen molar-refractivity contribution in [2.24, 2.45) is 16.6 Å². The molecule has 1 aromatic rings. The molecule has 0 saturated carbocycles. The van der Waals surface area contributed by atoms with Crippen molar-refractivity contribution >= 4 is 17.8 Å². The number of benzene rings is 1. The molecule has 3 amide bonds. The van der Waals surface area contributed by atoms with Crippen LogP contribution < -0.4 is 11.1 Å². The first kappa shape index (κ1) is 14.2. The molecule has 2 rings (SSSR count). The van der Waals surface area contributed by atoms with Crippen molar-refractivity contribution in [3.8, 4) is 0 Å². The highest BCUT2D eigenvalue weighted by atomic mass is 16.2. The zero-order valence-corrected chi connectivity index (χ0v) is 11.7. The van der Waals surface area contributed by atoms with E-state index in [-0.39, 0.29) is 11.7 Å². The van der Waals surface area contributed by atoms with Crippen molar-refractivity contribution in [1.29, 1.82) is 0 Å². The van der Waals surface area contributed by atoms with Crippen LogP contribution in [0, 0.1) is 5.92 Å². The number of carbonyl (C=O) groups is 2. The van der Waals surface area contributed by atoms with Crippen LogP contribution >= 0.6 is 0 Å². The van der Waals surface area contributed by atoms with Gasteiger partial charge >= 0.3 is 6.03 Å². The van der Waals surface area contributed by atoms with E-state index in [4.69, 9.17) is 5.73 Å². The van der Waals surface area contributed by atoms with Crippen LogP contribution in [0.4, 0.5) is 4.79 Å². The number of hydrogen-bond acceptors (Lipinski definition) is 3. The van der Waals surface area contributed by atoms with Crippen LogP contribution in [-0.2, 0) is 10.2 Å². The molecule has 20 heavy (non-hydrogen) atoms. The normalized spacial score (nSPS) is 22.6. The molecule has 0 radical (unpaired) electrons. The highest BCUT2D eigenvalue weighted by molar-refractivity contribution is 6.22. The Morgan fingerprint density at radius 3 is 2.45 bits per heavy atom. The number of nitrogens with one attached hydrogen (secondary N) is 1. The van der Waals surface area contributed by atoms with Gasteiger partial charge in [0.15, 0.2) is 0 Å². The fourth-order valence-electron chi connectivity index (χ4n) is 2.45. The predicted molar refractivity (Wildman–Crippen MR) is 77.4 cm³/mol. The summed E-state index contributed by atoms with van der Waals surface area (Å²) < 4.78 is 0. The van der Waals surface area contributed by atoms with Crippen LogP contribution in [0.3, 0.4) is 0 Å². The lowest BCUT2D eigenvalue weighted by Crippen LogP contribution is -2.58. The molecule has 1 unspecified atom stereocenters. The number of rotatable bonds is 4. The van der Waals surface area contributed by atoms with Gasteiger partial charge in [-0.05, 0) is 24.3 Å². The summed E-state index contributed by atoms with van der Waals surface area (Å²) in [5.74, 6) is 0.119. The Bertz CT molecular complexity index is 551. The molecule has 1 aliphatic rings. The minimum Gasteiger partial charge on any atom is -0.386 e. The van der Waals surface area contributed by atoms with Gasteiger partial charge in [-0.15, -0.1) is 0 Å². The molecule has 106 valence electrons. The number of nitrogens with two attached hydrogens (primary N) is 1. The number of urea groups is 1. The average molecular weight is 273 g/mol. The van der Waals surface area contributed by atoms with E-state index in [0.717, 1.165) is 12.0 Å². The number of carbonyl (C=O) groups excluding carboxylic acids is 2. The Kier molecular flexibility index (Phi) is 3.88. The highest BCUT2D eigenvalue weighted by Gasteiger charge is 2.47. The number of nitrogens with zero attached hydrogens (tertiary/aromatic N) is 1. The van der Waals surface area contributed by atoms with E-state index in [9.17, 15) is 9.59 Å². The van der Waals surface area contributed by atoms with Crippen LogP contribution in [0.5, 0.6) is 0 Å². The summed E-state index contributed by atoms with van der Waals surface area (Å²) in [5.41, 5.74) is 5.71. The van der Waals surface area contributed by atoms with Crippen LogP contribution in [0.15, 0.2) is 35.3 Å². The Morgan fingerprint density at radius 1 is 1.25 bits per heavy atom. The first-order valence-corrected chi connectivity index (χ1v) is 6.72. The molecule has 5 nitrogen and oxygen atoms in total. The topological polar surface area (TPSA) is 84.5 Å². The summed E-state index contributed by atoms with van der Waals surface area (Å²) in [6, 6.07) is 8.57. The molecule has 0 bridgehead atoms. The molecule has 1 atom stereocenters. The van der Waals surface area contributed by atoms with Gasteiger partial charge in [0.1, 0.15) is 11.3 Å². The molecule has 1 aromatic carbocycles. The number of amidine groups is 1. The summed E-state index contributed by atoms with van der Waals surface area (Å²) in [4.78, 5) is 27.6. The maximum Gasteiger partial charge on any atom is 0.349 e. The first-order chi connectivity index (χ1) is 9.46. The van der Waals surface area contributed by atoms with Crippen molar-refractivity contribution in [2.75, 3.05) is 0 Å². The lowest BCUT2D eigenvalue weighted by molar-refractivity contribution is -0.123. The minimum absolute atomic E-state index is 0.0816. The second kappa shape index (κ2) is 5.45. The third-order valence-corrected chi connectivity index (χ3v) is 3.63. The lowest BCUT2D eigenvalue weighted by Gasteiger charge is -2.34. The van der Waals surface area contributed by atoms with Gasteiger partial charge in [-0.1, -0.05) is 44.2 Å². The molecular formula is C15H19N3O2. The summed E-state index contributed by atoms with van der Waals surface area (Å²) in [5, 5.41) is 2.28. The van der Waals surface area contributed by atoms with Gasteiger partial charge in [0.25, 0.3) is 0 Å². The summed E-state index contributed by atoms with van der Waals surface area (Å²) in [6.07, 6.45) is 1.34. The molecule has 0 saturated heterocycles. The van der Waals surface area contributed by atoms with Crippen molar-refractivity contribution < 1.29 is 9.59 Å². The number of imide groups is 1. The van der Waals surface area contributed by atoms with Gasteiger partial charge in [0.05, 0.1) is 0 Å². The van der Waals surface area contributed by atoms with E-state index in [2.05, 4.69) is 24.2 Å². The van der Waals surface area contributed by atoms with Crippen LogP contribution in [0.25, 0.3) is 0 Å². The minimum atomic E-state index is -1.04. The van der Waals surface area contributed by atoms with Gasteiger partial charge in [-0.3, -0.25) is 10.1 Å². The van der Waals surface area contributed by atoms with E-state index in [1.54, 1.807) is 0 Å². The fraction of sp³-hybridized carbons (Fsp3) is 0.400. The molecule has 0 spiro atoms. The molecular weight excluding hydrogens is 254 g/mol. The molecule has 5 heteroatoms. The Labute approximate surface area is 118 Å². The molecule has 0 fully saturated rings. The van der Waals surface area contributed by atoms with E-state index in [0.29, 0.717) is 12.3 Å². The summed E-state index contributed by atoms with van der Waals surface area (Å²) in [6.45, 7) is 4.16. The van der Waals surface area contributed by atoms with Gasteiger partial charge in [-0.25, -0.2) is 4.79 Å². The van der Waals surface area contributed by atoms with Crippen molar-refractivity contribution in [3.63, 3.8) is 0 Å². The second-order valence-corrected chi connectivity index (χ2v) is 5.46. The third-order valence-electron chi connectivity index (χ3n) is 3.63. The van der Waals surface area contributed by atoms with Crippen molar-refractivity contribution in [1.82, 2.24) is 5.32 Å². The van der Waals surface area contributed by atoms with Crippen LogP contribution in [0.2, 0.25) is 0 Å². The van der Waals surface area contributed by atoms with Crippen LogP contribution in [0.1, 0.15) is 32.3 Å². The Balaban J connectivity index is 2.52. The van der Waals surface area contributed by atoms with Gasteiger partial charge < -0.3 is 5.73 Å². The molecule has 0 aliphatic carbocycles. The maximum absolute atomic E-state index is 12.5. The second-order valence-electron chi connectivity index (χ2n) is 5.46. The zero-order valence-electron chi connectivity index (χ0n) is 11.7. The van der Waals surface area contributed by atoms with E-state index >= 15 is 0 Å². The lowest BCUT2D eigenvalue weighted by atomic mass is 9.73. The van der Waals surface area contributed by atoms with E-state index in [1.807, 2.05) is 30.3 Å². The van der Waals surface area contributed by atoms with Gasteiger partial charge in [-0.2, -0.15) is 4.99 Å². The first-order valence-electron chi connectivity index (χ1n) is 6.72. The number of amides is 3. The number of hydrogen-bond donors (Lipinski definition) is 2. The highest BCUT2D eigenvalue weighted by Crippen LogP contribution is 2.33. The fourth-order valence-corrected chi connectivity index (χ4v) is 2.45. The smallest absolute Gasteiger partial charge is 0.349 e. The largest absolute Gasteiger partial charge is 0.386 e. The Hall–Kier alpha value is -2.17. The van der Waals surface area contributed by atoms with Gasteiger partial charge in [0.2, 0.25) is 5.91 Å². The third kappa shape index (κ3) is 2.43. The monoisotopic (exact) mass is 273 g/mol. The van der Waals surface area contributed by atoms with E-state index < -0.39 is 11.4 Å². The SMILES string of the molecule is CC(C)CCC1(c2ccccc2)C(=O)NC(=O)N=C1N. The van der Waals surface area contributed by atoms with Crippen LogP contribution in [-0.4, -0.2) is 17.8 Å². The van der Waals surface area contributed by atoms with Gasteiger partial charge in [0, 0.05) is 0 Å². The molecule has 1 heterocycles. The molecule has 1 aliphatic heterocycles. The van der Waals surface area contributed by atoms with Crippen molar-refractivity contribution in [3.05, 3.63) is 35.9 Å². The summed E-state index contributed by atoms with van der Waals surface area (Å²) in [7, 11) is 0. The zero-order chi connectivity index (χ0) is 14.8. The predicted octanol–water partition coefficient (Wildman–Crippen LogP) is 1.97. The van der Waals surface area contributed by atoms with Crippen molar-refractivity contribution in [2.45, 2.75) is 32.1 Å². The quantitative estimate of drug-likeness (QED) is 0.879. The average Bonchev–Trinajstić information content (AvgIpc) is 2.39. The standard InChI is InChI=1S/C15H19N3O2/c1-10(2)8-9-15(11-6-4-3-5-7-11)12(16)17-14(20)18-13(15)19/h3-7,10H,8-9H2,1-2H3,(H3,16,17,18,19,20). The number of aliphatic imine (C=N–C) groups is 1. The van der Waals surface area contributed by atoms with E-state index in [1.165, 1.54) is 0 Å². The maximum atomic E-state index is 12.5. The Morgan fingerprint density at radius 2 is 1.90 bits per heavy atom. The molecule has 3 N–H and O–H groups in total. The molecule has 0 aromatic heterocycles. The summed E-state index contributed by atoms with van der Waals surface area (Å²) >= 11 is 0.